The molecule has 1 aromatic heterocycles. The number of benzene rings is 1. The minimum atomic E-state index is -3.04. The zero-order valence-electron chi connectivity index (χ0n) is 11.9. The smallest absolute Gasteiger partial charge is 0.387 e. The van der Waals surface area contributed by atoms with Gasteiger partial charge >= 0.3 is 6.61 Å². The average molecular weight is 342 g/mol. The van der Waals surface area contributed by atoms with Gasteiger partial charge < -0.3 is 10.1 Å². The summed E-state index contributed by atoms with van der Waals surface area (Å²) in [6.07, 6.45) is 2.17. The summed E-state index contributed by atoms with van der Waals surface area (Å²) in [7, 11) is 0. The Bertz CT molecular complexity index is 720. The number of aromatic nitrogens is 1. The van der Waals surface area contributed by atoms with Crippen LogP contribution in [-0.4, -0.2) is 23.5 Å². The van der Waals surface area contributed by atoms with E-state index in [1.807, 2.05) is 0 Å². The zero-order valence-corrected chi connectivity index (χ0v) is 12.7. The van der Waals surface area contributed by atoms with Crippen LogP contribution < -0.4 is 10.1 Å². The maximum atomic E-state index is 13.9. The van der Waals surface area contributed by atoms with Crippen molar-refractivity contribution in [2.75, 3.05) is 0 Å². The monoisotopic (exact) mass is 342 g/mol. The van der Waals surface area contributed by atoms with Gasteiger partial charge in [0, 0.05) is 23.4 Å². The normalized spacial score (nSPS) is 17.0. The van der Waals surface area contributed by atoms with Crippen LogP contribution in [-0.2, 0) is 12.8 Å². The lowest BCUT2D eigenvalue weighted by Crippen LogP contribution is -2.38. The van der Waals surface area contributed by atoms with Crippen LogP contribution in [0.25, 0.3) is 0 Å². The van der Waals surface area contributed by atoms with Gasteiger partial charge in [-0.05, 0) is 25.0 Å². The van der Waals surface area contributed by atoms with E-state index in [0.717, 1.165) is 41.6 Å². The first-order valence-electron chi connectivity index (χ1n) is 6.99. The fourth-order valence-electron chi connectivity index (χ4n) is 2.54. The van der Waals surface area contributed by atoms with E-state index in [4.69, 9.17) is 0 Å². The van der Waals surface area contributed by atoms with Crippen molar-refractivity contribution in [3.63, 3.8) is 0 Å². The number of thiazole rings is 1. The SMILES string of the molecule is O=C(N[C@H]1CCc2ncsc2C1)c1ccc(OC(F)F)cc1F. The highest BCUT2D eigenvalue weighted by Crippen LogP contribution is 2.24. The maximum absolute atomic E-state index is 13.9. The summed E-state index contributed by atoms with van der Waals surface area (Å²) in [5.74, 6) is -1.78. The Hall–Kier alpha value is -2.09. The van der Waals surface area contributed by atoms with Crippen LogP contribution in [0, 0.1) is 5.82 Å². The van der Waals surface area contributed by atoms with E-state index in [1.165, 1.54) is 11.3 Å². The lowest BCUT2D eigenvalue weighted by Gasteiger charge is -2.22. The third kappa shape index (κ3) is 3.64. The van der Waals surface area contributed by atoms with Crippen LogP contribution >= 0.6 is 11.3 Å². The van der Waals surface area contributed by atoms with E-state index in [9.17, 15) is 18.0 Å². The number of rotatable bonds is 4. The number of aryl methyl sites for hydroxylation is 1. The molecular formula is C15H13F3N2O2S. The van der Waals surface area contributed by atoms with Gasteiger partial charge in [0.15, 0.2) is 0 Å². The molecule has 1 N–H and O–H groups in total. The summed E-state index contributed by atoms with van der Waals surface area (Å²) in [6, 6.07) is 2.98. The lowest BCUT2D eigenvalue weighted by atomic mass is 9.97. The molecule has 1 aliphatic rings. The van der Waals surface area contributed by atoms with Gasteiger partial charge in [-0.1, -0.05) is 0 Å². The van der Waals surface area contributed by atoms with Gasteiger partial charge in [0.2, 0.25) is 0 Å². The van der Waals surface area contributed by atoms with Crippen molar-refractivity contribution in [2.24, 2.45) is 0 Å². The van der Waals surface area contributed by atoms with Crippen molar-refractivity contribution < 1.29 is 22.7 Å². The standard InChI is InChI=1S/C15H13F3N2O2S/c16-11-6-9(22-15(17)18)2-3-10(11)14(21)20-8-1-4-12-13(5-8)23-7-19-12/h2-3,6-8,15H,1,4-5H2,(H,20,21)/t8-/m0/s1. The topological polar surface area (TPSA) is 51.2 Å². The summed E-state index contributed by atoms with van der Waals surface area (Å²) in [5, 5.41) is 2.78. The molecule has 1 heterocycles. The highest BCUT2D eigenvalue weighted by Gasteiger charge is 2.23. The summed E-state index contributed by atoms with van der Waals surface area (Å²) < 4.78 is 42.2. The molecule has 0 saturated heterocycles. The van der Waals surface area contributed by atoms with E-state index in [0.29, 0.717) is 6.42 Å². The quantitative estimate of drug-likeness (QED) is 0.928. The molecule has 0 unspecified atom stereocenters. The summed E-state index contributed by atoms with van der Waals surface area (Å²) in [6.45, 7) is -3.04. The molecule has 8 heteroatoms. The van der Waals surface area contributed by atoms with E-state index in [-0.39, 0.29) is 17.4 Å². The van der Waals surface area contributed by atoms with Crippen LogP contribution in [0.4, 0.5) is 13.2 Å². The fourth-order valence-corrected chi connectivity index (χ4v) is 3.44. The fraction of sp³-hybridized carbons (Fsp3) is 0.333. The van der Waals surface area contributed by atoms with Gasteiger partial charge in [0.1, 0.15) is 11.6 Å². The predicted octanol–water partition coefficient (Wildman–Crippen LogP) is 3.17. The van der Waals surface area contributed by atoms with Crippen LogP contribution in [0.15, 0.2) is 23.7 Å². The molecule has 0 saturated carbocycles. The first kappa shape index (κ1) is 15.8. The Morgan fingerprint density at radius 2 is 2.26 bits per heavy atom. The van der Waals surface area contributed by atoms with Gasteiger partial charge in [-0.15, -0.1) is 11.3 Å². The minimum Gasteiger partial charge on any atom is -0.435 e. The third-order valence-corrected chi connectivity index (χ3v) is 4.53. The van der Waals surface area contributed by atoms with Crippen LogP contribution in [0.2, 0.25) is 0 Å². The number of nitrogens with zero attached hydrogens (tertiary/aromatic N) is 1. The number of alkyl halides is 2. The zero-order chi connectivity index (χ0) is 16.4. The second-order valence-electron chi connectivity index (χ2n) is 5.16. The molecule has 0 aliphatic heterocycles. The molecule has 0 bridgehead atoms. The number of carbonyl (C=O) groups is 1. The molecule has 4 nitrogen and oxygen atoms in total. The molecular weight excluding hydrogens is 329 g/mol. The average Bonchev–Trinajstić information content (AvgIpc) is 2.94. The Balaban J connectivity index is 1.67. The molecule has 0 spiro atoms. The van der Waals surface area contributed by atoms with Gasteiger partial charge in [-0.2, -0.15) is 8.78 Å². The van der Waals surface area contributed by atoms with Crippen LogP contribution in [0.1, 0.15) is 27.3 Å². The van der Waals surface area contributed by atoms with E-state index >= 15 is 0 Å². The number of hydrogen-bond acceptors (Lipinski definition) is 4. The summed E-state index contributed by atoms with van der Waals surface area (Å²) in [4.78, 5) is 17.5. The lowest BCUT2D eigenvalue weighted by molar-refractivity contribution is -0.0499. The largest absolute Gasteiger partial charge is 0.435 e. The molecule has 1 atom stereocenters. The highest BCUT2D eigenvalue weighted by atomic mass is 32.1. The van der Waals surface area contributed by atoms with Crippen molar-refractivity contribution in [3.8, 4) is 5.75 Å². The van der Waals surface area contributed by atoms with Gasteiger partial charge in [-0.3, -0.25) is 4.79 Å². The molecule has 3 rings (SSSR count). The molecule has 0 fully saturated rings. The first-order chi connectivity index (χ1) is 11.0. The van der Waals surface area contributed by atoms with Crippen molar-refractivity contribution >= 4 is 17.2 Å². The van der Waals surface area contributed by atoms with Crippen molar-refractivity contribution in [3.05, 3.63) is 45.7 Å². The Morgan fingerprint density at radius 3 is 3.00 bits per heavy atom. The number of fused-ring (bicyclic) bond motifs is 1. The predicted molar refractivity (Wildman–Crippen MR) is 78.4 cm³/mol. The molecule has 1 aliphatic carbocycles. The number of nitrogens with one attached hydrogen (secondary N) is 1. The number of amides is 1. The molecule has 1 amide bonds. The Morgan fingerprint density at radius 1 is 1.43 bits per heavy atom. The minimum absolute atomic E-state index is 0.0909. The molecule has 23 heavy (non-hydrogen) atoms. The van der Waals surface area contributed by atoms with E-state index in [2.05, 4.69) is 15.0 Å². The van der Waals surface area contributed by atoms with Crippen LogP contribution in [0.5, 0.6) is 5.75 Å². The van der Waals surface area contributed by atoms with Crippen molar-refractivity contribution in [1.29, 1.82) is 0 Å². The number of carbonyl (C=O) groups excluding carboxylic acids is 1. The van der Waals surface area contributed by atoms with E-state index in [1.54, 1.807) is 5.51 Å². The second-order valence-corrected chi connectivity index (χ2v) is 6.09. The number of ether oxygens (including phenoxy) is 1. The van der Waals surface area contributed by atoms with Crippen LogP contribution in [0.3, 0.4) is 0 Å². The number of halogens is 3. The molecule has 2 aromatic rings. The maximum Gasteiger partial charge on any atom is 0.387 e. The molecule has 122 valence electrons. The molecule has 0 radical (unpaired) electrons. The Labute approximate surface area is 134 Å². The van der Waals surface area contributed by atoms with Gasteiger partial charge in [0.25, 0.3) is 5.91 Å². The molecule has 1 aromatic carbocycles. The van der Waals surface area contributed by atoms with Crippen molar-refractivity contribution in [1.82, 2.24) is 10.3 Å². The summed E-state index contributed by atoms with van der Waals surface area (Å²) >= 11 is 1.54. The Kier molecular flexibility index (Phi) is 4.51. The highest BCUT2D eigenvalue weighted by molar-refractivity contribution is 7.09. The number of hydrogen-bond donors (Lipinski definition) is 1. The van der Waals surface area contributed by atoms with E-state index < -0.39 is 18.3 Å². The van der Waals surface area contributed by atoms with Gasteiger partial charge in [-0.25, -0.2) is 9.37 Å². The van der Waals surface area contributed by atoms with Gasteiger partial charge in [0.05, 0.1) is 16.8 Å². The second kappa shape index (κ2) is 6.57. The summed E-state index contributed by atoms with van der Waals surface area (Å²) in [5.41, 5.74) is 2.64. The van der Waals surface area contributed by atoms with Crippen molar-refractivity contribution in [2.45, 2.75) is 31.9 Å². The first-order valence-corrected chi connectivity index (χ1v) is 7.87. The third-order valence-electron chi connectivity index (χ3n) is 3.63.